The van der Waals surface area contributed by atoms with Crippen molar-refractivity contribution < 1.29 is 37.4 Å². The number of aliphatic carboxylic acids is 1. The van der Waals surface area contributed by atoms with Crippen LogP contribution in [-0.2, 0) is 29.2 Å². The van der Waals surface area contributed by atoms with Crippen molar-refractivity contribution in [1.82, 2.24) is 9.88 Å². The third kappa shape index (κ3) is 5.87. The van der Waals surface area contributed by atoms with Gasteiger partial charge in [-0.05, 0) is 78.5 Å². The van der Waals surface area contributed by atoms with Crippen LogP contribution in [0.1, 0.15) is 43.0 Å². The third-order valence-electron chi connectivity index (χ3n) is 10.1. The van der Waals surface area contributed by atoms with Crippen LogP contribution in [0.25, 0.3) is 0 Å². The number of benzene rings is 2. The second kappa shape index (κ2) is 12.4. The first-order chi connectivity index (χ1) is 23.2. The van der Waals surface area contributed by atoms with E-state index in [1.807, 2.05) is 26.0 Å². The summed E-state index contributed by atoms with van der Waals surface area (Å²) in [6.45, 7) is 3.43. The molecule has 16 heteroatoms. The lowest BCUT2D eigenvalue weighted by Gasteiger charge is -2.43. The monoisotopic (exact) mass is 726 g/mol. The number of nitrogens with one attached hydrogen (secondary N) is 2. The summed E-state index contributed by atoms with van der Waals surface area (Å²) >= 11 is 2.69. The maximum Gasteiger partial charge on any atom is 0.326 e. The van der Waals surface area contributed by atoms with Gasteiger partial charge in [0.15, 0.2) is 6.61 Å². The predicted molar refractivity (Wildman–Crippen MR) is 180 cm³/mol. The molecule has 2 bridgehead atoms. The lowest BCUT2D eigenvalue weighted by molar-refractivity contribution is -0.156. The van der Waals surface area contributed by atoms with E-state index in [0.29, 0.717) is 17.9 Å². The molecule has 49 heavy (non-hydrogen) atoms. The number of ether oxygens (including phenoxy) is 1. The fourth-order valence-electron chi connectivity index (χ4n) is 8.33. The molecule has 3 amide bonds. The second-order valence-electron chi connectivity index (χ2n) is 13.5. The zero-order valence-corrected chi connectivity index (χ0v) is 28.8. The minimum atomic E-state index is -3.85. The van der Waals surface area contributed by atoms with Crippen molar-refractivity contribution in [2.75, 3.05) is 11.9 Å². The lowest BCUT2D eigenvalue weighted by atomic mass is 9.68. The zero-order valence-electron chi connectivity index (χ0n) is 26.4. The Labute approximate surface area is 289 Å². The summed E-state index contributed by atoms with van der Waals surface area (Å²) in [6.07, 6.45) is 0.871. The first-order valence-corrected chi connectivity index (χ1v) is 19.1. The number of likely N-dealkylation sites (tertiary alicyclic amines) is 1. The fourth-order valence-corrected chi connectivity index (χ4v) is 11.7. The molecule has 3 fully saturated rings. The summed E-state index contributed by atoms with van der Waals surface area (Å²) in [6, 6.07) is 11.5. The smallest absolute Gasteiger partial charge is 0.326 e. The van der Waals surface area contributed by atoms with E-state index in [-0.39, 0.29) is 63.5 Å². The molecule has 2 aliphatic heterocycles. The molecule has 258 valence electrons. The van der Waals surface area contributed by atoms with Gasteiger partial charge in [0.2, 0.25) is 21.8 Å². The minimum absolute atomic E-state index is 0.0208. The van der Waals surface area contributed by atoms with Crippen molar-refractivity contribution >= 4 is 62.5 Å². The molecule has 4 aliphatic rings. The van der Waals surface area contributed by atoms with Crippen molar-refractivity contribution in [2.45, 2.75) is 53.8 Å². The van der Waals surface area contributed by atoms with E-state index in [1.165, 1.54) is 24.3 Å². The second-order valence-corrected chi connectivity index (χ2v) is 17.2. The highest BCUT2D eigenvalue weighted by Gasteiger charge is 2.70. The number of nitrogens with two attached hydrogens (primary N) is 1. The molecule has 7 unspecified atom stereocenters. The van der Waals surface area contributed by atoms with E-state index in [9.17, 15) is 37.5 Å². The van der Waals surface area contributed by atoms with Crippen LogP contribution in [0, 0.1) is 35.5 Å². The summed E-state index contributed by atoms with van der Waals surface area (Å²) in [7, 11) is -3.85. The molecular formula is C33H34N4O9S3. The molecular weight excluding hydrogens is 693 g/mol. The number of H-pyrrole nitrogens is 1. The number of anilines is 1. The summed E-state index contributed by atoms with van der Waals surface area (Å²) < 4.78 is 28.6. The van der Waals surface area contributed by atoms with E-state index in [2.05, 4.69) is 10.3 Å². The van der Waals surface area contributed by atoms with Gasteiger partial charge in [0.25, 0.3) is 5.91 Å². The molecule has 13 nitrogen and oxygen atoms in total. The fraction of sp³-hybridized carbons (Fsp3) is 0.424. The van der Waals surface area contributed by atoms with Crippen molar-refractivity contribution in [3.63, 3.8) is 0 Å². The first kappa shape index (κ1) is 33.5. The van der Waals surface area contributed by atoms with E-state index >= 15 is 0 Å². The number of carboxylic acid groups (broad SMARTS) is 1. The molecule has 2 saturated carbocycles. The number of carbonyl (C=O) groups excluding carboxylic acids is 3. The van der Waals surface area contributed by atoms with Gasteiger partial charge in [-0.2, -0.15) is 0 Å². The molecule has 0 radical (unpaired) electrons. The summed E-state index contributed by atoms with van der Waals surface area (Å²) in [5, 5.41) is 18.5. The van der Waals surface area contributed by atoms with E-state index in [4.69, 9.17) is 9.88 Å². The largest absolute Gasteiger partial charge is 0.484 e. The van der Waals surface area contributed by atoms with Crippen molar-refractivity contribution in [2.24, 2.45) is 40.6 Å². The molecule has 7 rings (SSSR count). The van der Waals surface area contributed by atoms with Gasteiger partial charge in [0.1, 0.15) is 11.8 Å². The van der Waals surface area contributed by atoms with Crippen LogP contribution in [-0.4, -0.2) is 65.0 Å². The average Bonchev–Trinajstić information content (AvgIpc) is 3.78. The molecule has 1 saturated heterocycles. The summed E-state index contributed by atoms with van der Waals surface area (Å²) in [5.41, 5.74) is 1.28. The number of primary sulfonamides is 1. The topological polar surface area (TPSA) is 206 Å². The quantitative estimate of drug-likeness (QED) is 0.225. The maximum atomic E-state index is 13.9. The van der Waals surface area contributed by atoms with Gasteiger partial charge < -0.3 is 20.1 Å². The maximum absolute atomic E-state index is 13.9. The third-order valence-corrected chi connectivity index (χ3v) is 13.6. The van der Waals surface area contributed by atoms with Gasteiger partial charge in [0.05, 0.1) is 21.8 Å². The van der Waals surface area contributed by atoms with Gasteiger partial charge in [0, 0.05) is 21.7 Å². The Kier molecular flexibility index (Phi) is 8.48. The Balaban J connectivity index is 1.10. The molecule has 3 heterocycles. The SMILES string of the molecule is CC(C)CC(C(=O)O)N1C(=O)C2C3CC(C2C1=O)C1C3Sc2[nH]c(=O)sc2[C@@H]1c1ccc(OCC(=O)Nc2ccc(S(N)(=O)=O)cc2)cc1. The number of rotatable bonds is 10. The highest BCUT2D eigenvalue weighted by atomic mass is 32.2. The molecule has 0 spiro atoms. The van der Waals surface area contributed by atoms with Crippen LogP contribution in [0.15, 0.2) is 63.2 Å². The normalized spacial score (nSPS) is 27.5. The van der Waals surface area contributed by atoms with Crippen LogP contribution in [0.5, 0.6) is 5.75 Å². The average molecular weight is 727 g/mol. The van der Waals surface area contributed by atoms with Gasteiger partial charge in [-0.1, -0.05) is 37.3 Å². The standard InChI is InChI=1S/C33H34N4O9S3/c1-14(2)11-21(32(41)42)37-30(39)25-19-12-20(26(25)31(37)40)27-24(19)23(28-29(47-27)36-33(43)48-28)15-3-7-17(8-4-15)46-13-22(38)35-16-5-9-18(10-6-16)49(34,44)45/h3-10,14,19-21,23-27H,11-13H2,1-2H3,(H,35,38)(H,36,43)(H,41,42)(H2,34,44,45)/t19?,20?,21?,23-,24?,25?,26?,27?/m1/s1. The van der Waals surface area contributed by atoms with Crippen molar-refractivity contribution in [3.8, 4) is 5.75 Å². The predicted octanol–water partition coefficient (Wildman–Crippen LogP) is 3.07. The van der Waals surface area contributed by atoms with Crippen molar-refractivity contribution in [1.29, 1.82) is 0 Å². The Hall–Kier alpha value is -3.99. The van der Waals surface area contributed by atoms with E-state index in [0.717, 1.165) is 31.7 Å². The number of aromatic amines is 1. The lowest BCUT2D eigenvalue weighted by Crippen LogP contribution is -2.47. The number of fused-ring (bicyclic) bond motifs is 9. The molecule has 1 aromatic heterocycles. The molecule has 5 N–H and O–H groups in total. The van der Waals surface area contributed by atoms with Gasteiger partial charge in [-0.15, -0.1) is 11.8 Å². The van der Waals surface area contributed by atoms with Crippen LogP contribution in [0.3, 0.4) is 0 Å². The van der Waals surface area contributed by atoms with Gasteiger partial charge in [-0.3, -0.25) is 24.1 Å². The molecule has 2 aromatic carbocycles. The number of carbonyl (C=O) groups is 4. The summed E-state index contributed by atoms with van der Waals surface area (Å²) in [5.74, 6) is -3.74. The van der Waals surface area contributed by atoms with E-state index in [1.54, 1.807) is 23.9 Å². The first-order valence-electron chi connectivity index (χ1n) is 15.9. The van der Waals surface area contributed by atoms with Crippen LogP contribution in [0.4, 0.5) is 5.69 Å². The van der Waals surface area contributed by atoms with Gasteiger partial charge >= 0.3 is 10.8 Å². The number of carboxylic acids is 1. The number of nitrogens with zero attached hydrogens (tertiary/aromatic N) is 1. The molecule has 2 aliphatic carbocycles. The summed E-state index contributed by atoms with van der Waals surface area (Å²) in [4.78, 5) is 69.7. The zero-order chi connectivity index (χ0) is 34.9. The number of thiazole rings is 1. The number of aromatic nitrogens is 1. The van der Waals surface area contributed by atoms with Crippen LogP contribution >= 0.6 is 23.1 Å². The highest BCUT2D eigenvalue weighted by Crippen LogP contribution is 2.68. The number of imide groups is 1. The van der Waals surface area contributed by atoms with Crippen LogP contribution < -0.4 is 20.1 Å². The van der Waals surface area contributed by atoms with Gasteiger partial charge in [-0.25, -0.2) is 18.4 Å². The number of amides is 3. The van der Waals surface area contributed by atoms with E-state index < -0.39 is 45.7 Å². The number of hydrogen-bond acceptors (Lipinski definition) is 10. The number of hydrogen-bond donors (Lipinski definition) is 4. The minimum Gasteiger partial charge on any atom is -0.484 e. The van der Waals surface area contributed by atoms with Crippen LogP contribution in [0.2, 0.25) is 0 Å². The number of sulfonamides is 1. The Morgan fingerprint density at radius 1 is 1.04 bits per heavy atom. The Bertz CT molecular complexity index is 2010. The molecule has 8 atom stereocenters. The Morgan fingerprint density at radius 2 is 1.69 bits per heavy atom. The van der Waals surface area contributed by atoms with Crippen molar-refractivity contribution in [3.05, 3.63) is 68.6 Å². The number of thioether (sulfide) groups is 1. The Morgan fingerprint density at radius 3 is 2.31 bits per heavy atom. The molecule has 3 aromatic rings. The highest BCUT2D eigenvalue weighted by molar-refractivity contribution is 8.00.